The van der Waals surface area contributed by atoms with Gasteiger partial charge in [-0.3, -0.25) is 4.79 Å². The lowest BCUT2D eigenvalue weighted by atomic mass is 9.87. The number of ether oxygens (including phenoxy) is 5. The van der Waals surface area contributed by atoms with Crippen LogP contribution >= 0.6 is 11.6 Å². The summed E-state index contributed by atoms with van der Waals surface area (Å²) in [6.45, 7) is 10.4. The zero-order valence-corrected chi connectivity index (χ0v) is 24.7. The van der Waals surface area contributed by atoms with Gasteiger partial charge in [0.2, 0.25) is 0 Å². The maximum Gasteiger partial charge on any atom is 0.258 e. The lowest BCUT2D eigenvalue weighted by molar-refractivity contribution is 0.0656. The van der Waals surface area contributed by atoms with E-state index in [2.05, 4.69) is 6.07 Å². The van der Waals surface area contributed by atoms with E-state index in [1.165, 1.54) is 0 Å². The molecule has 7 nitrogen and oxygen atoms in total. The SMILES string of the molecule is CCOc1ccc(CC2c3cc(OCC)c(OCC)cc3CCN2C(=O)c2cc(Cl)ccc2OC)cc1OCC. The third-order valence-electron chi connectivity index (χ3n) is 6.85. The molecule has 40 heavy (non-hydrogen) atoms. The van der Waals surface area contributed by atoms with Crippen LogP contribution in [-0.2, 0) is 12.8 Å². The molecular formula is C32H38ClNO6. The Hall–Kier alpha value is -3.58. The van der Waals surface area contributed by atoms with Gasteiger partial charge in [-0.25, -0.2) is 0 Å². The molecule has 0 saturated carbocycles. The molecule has 1 atom stereocenters. The smallest absolute Gasteiger partial charge is 0.258 e. The van der Waals surface area contributed by atoms with E-state index in [9.17, 15) is 4.79 Å². The molecular weight excluding hydrogens is 530 g/mol. The molecule has 8 heteroatoms. The van der Waals surface area contributed by atoms with Crippen LogP contribution in [0.4, 0.5) is 0 Å². The topological polar surface area (TPSA) is 66.5 Å². The van der Waals surface area contributed by atoms with Gasteiger partial charge in [-0.1, -0.05) is 17.7 Å². The van der Waals surface area contributed by atoms with Crippen molar-refractivity contribution in [1.82, 2.24) is 4.90 Å². The Kier molecular flexibility index (Phi) is 10.0. The quantitative estimate of drug-likeness (QED) is 0.236. The normalized spacial score (nSPS) is 14.3. The second-order valence-corrected chi connectivity index (χ2v) is 9.76. The number of hydrogen-bond acceptors (Lipinski definition) is 6. The second-order valence-electron chi connectivity index (χ2n) is 9.32. The van der Waals surface area contributed by atoms with Crippen molar-refractivity contribution in [3.05, 3.63) is 75.8 Å². The molecule has 4 rings (SSSR count). The highest BCUT2D eigenvalue weighted by atomic mass is 35.5. The number of amides is 1. The number of halogens is 1. The van der Waals surface area contributed by atoms with Crippen LogP contribution in [0.1, 0.15) is 60.8 Å². The summed E-state index contributed by atoms with van der Waals surface area (Å²) in [7, 11) is 1.56. The number of nitrogens with zero attached hydrogens (tertiary/aromatic N) is 1. The Balaban J connectivity index is 1.81. The van der Waals surface area contributed by atoms with Crippen LogP contribution in [0.25, 0.3) is 0 Å². The number of methoxy groups -OCH3 is 1. The van der Waals surface area contributed by atoms with Gasteiger partial charge in [0.05, 0.1) is 45.1 Å². The molecule has 0 N–H and O–H groups in total. The van der Waals surface area contributed by atoms with E-state index in [1.54, 1.807) is 25.3 Å². The first-order chi connectivity index (χ1) is 19.4. The Morgan fingerprint density at radius 1 is 0.800 bits per heavy atom. The molecule has 1 heterocycles. The lowest BCUT2D eigenvalue weighted by Crippen LogP contribution is -2.41. The predicted molar refractivity (Wildman–Crippen MR) is 157 cm³/mol. The number of carbonyl (C=O) groups excluding carboxylic acids is 1. The predicted octanol–water partition coefficient (Wildman–Crippen LogP) is 6.93. The number of hydrogen-bond donors (Lipinski definition) is 0. The Morgan fingerprint density at radius 3 is 2.05 bits per heavy atom. The average molecular weight is 568 g/mol. The van der Waals surface area contributed by atoms with Gasteiger partial charge < -0.3 is 28.6 Å². The molecule has 0 radical (unpaired) electrons. The molecule has 1 unspecified atom stereocenters. The molecule has 1 aliphatic rings. The number of fused-ring (bicyclic) bond motifs is 1. The third-order valence-corrected chi connectivity index (χ3v) is 7.09. The van der Waals surface area contributed by atoms with Crippen molar-refractivity contribution in [3.63, 3.8) is 0 Å². The first-order valence-electron chi connectivity index (χ1n) is 13.9. The Morgan fingerprint density at radius 2 is 1.40 bits per heavy atom. The molecule has 0 spiro atoms. The van der Waals surface area contributed by atoms with Crippen molar-refractivity contribution in [2.24, 2.45) is 0 Å². The van der Waals surface area contributed by atoms with E-state index in [0.29, 0.717) is 79.4 Å². The zero-order chi connectivity index (χ0) is 28.6. The molecule has 3 aromatic rings. The number of carbonyl (C=O) groups is 1. The lowest BCUT2D eigenvalue weighted by Gasteiger charge is -2.38. The molecule has 214 valence electrons. The second kappa shape index (κ2) is 13.7. The summed E-state index contributed by atoms with van der Waals surface area (Å²) in [6, 6.07) is 14.9. The first kappa shape index (κ1) is 29.4. The van der Waals surface area contributed by atoms with Crippen LogP contribution in [0.3, 0.4) is 0 Å². The summed E-state index contributed by atoms with van der Waals surface area (Å²) in [6.07, 6.45) is 1.24. The summed E-state index contributed by atoms with van der Waals surface area (Å²) >= 11 is 6.31. The molecule has 0 saturated heterocycles. The van der Waals surface area contributed by atoms with E-state index in [-0.39, 0.29) is 11.9 Å². The van der Waals surface area contributed by atoms with Crippen LogP contribution in [0.2, 0.25) is 5.02 Å². The molecule has 1 aliphatic heterocycles. The van der Waals surface area contributed by atoms with Crippen LogP contribution in [0.15, 0.2) is 48.5 Å². The number of rotatable bonds is 12. The van der Waals surface area contributed by atoms with Crippen molar-refractivity contribution in [2.45, 2.75) is 46.6 Å². The monoisotopic (exact) mass is 567 g/mol. The summed E-state index contributed by atoms with van der Waals surface area (Å²) in [5.74, 6) is 3.13. The van der Waals surface area contributed by atoms with Gasteiger partial charge in [0, 0.05) is 11.6 Å². The van der Waals surface area contributed by atoms with Crippen LogP contribution < -0.4 is 23.7 Å². The summed E-state index contributed by atoms with van der Waals surface area (Å²) in [4.78, 5) is 16.0. The minimum atomic E-state index is -0.276. The Labute approximate surface area is 241 Å². The van der Waals surface area contributed by atoms with Crippen LogP contribution in [0, 0.1) is 0 Å². The maximum atomic E-state index is 14.1. The fourth-order valence-electron chi connectivity index (χ4n) is 5.16. The van der Waals surface area contributed by atoms with Crippen molar-refractivity contribution >= 4 is 17.5 Å². The summed E-state index contributed by atoms with van der Waals surface area (Å²) in [5.41, 5.74) is 3.61. The van der Waals surface area contributed by atoms with Crippen molar-refractivity contribution in [3.8, 4) is 28.7 Å². The molecule has 3 aromatic carbocycles. The van der Waals surface area contributed by atoms with E-state index >= 15 is 0 Å². The maximum absolute atomic E-state index is 14.1. The van der Waals surface area contributed by atoms with E-state index < -0.39 is 0 Å². The molecule has 0 aromatic heterocycles. The van der Waals surface area contributed by atoms with E-state index in [0.717, 1.165) is 22.4 Å². The van der Waals surface area contributed by atoms with Crippen molar-refractivity contribution < 1.29 is 28.5 Å². The molecule has 0 fully saturated rings. The van der Waals surface area contributed by atoms with Gasteiger partial charge in [-0.05, 0) is 99.7 Å². The number of benzene rings is 3. The zero-order valence-electron chi connectivity index (χ0n) is 23.9. The van der Waals surface area contributed by atoms with Crippen LogP contribution in [-0.4, -0.2) is 50.9 Å². The highest BCUT2D eigenvalue weighted by molar-refractivity contribution is 6.31. The minimum absolute atomic E-state index is 0.141. The fraction of sp³-hybridized carbons (Fsp3) is 0.406. The molecule has 1 amide bonds. The van der Waals surface area contributed by atoms with Crippen molar-refractivity contribution in [2.75, 3.05) is 40.1 Å². The first-order valence-corrected chi connectivity index (χ1v) is 14.3. The van der Waals surface area contributed by atoms with E-state index in [4.69, 9.17) is 35.3 Å². The standard InChI is InChI=1S/C32H38ClNO6/c1-6-37-28-12-10-21(17-29(28)38-7-2)16-26-24-20-31(40-9-4)30(39-8-3)18-22(24)14-15-34(26)32(35)25-19-23(33)11-13-27(25)36-5/h10-13,17-20,26H,6-9,14-16H2,1-5H3. The third kappa shape index (κ3) is 6.41. The highest BCUT2D eigenvalue weighted by Crippen LogP contribution is 2.42. The van der Waals surface area contributed by atoms with Gasteiger partial charge in [-0.15, -0.1) is 0 Å². The van der Waals surface area contributed by atoms with Gasteiger partial charge in [-0.2, -0.15) is 0 Å². The fourth-order valence-corrected chi connectivity index (χ4v) is 5.33. The van der Waals surface area contributed by atoms with Gasteiger partial charge >= 0.3 is 0 Å². The largest absolute Gasteiger partial charge is 0.496 e. The highest BCUT2D eigenvalue weighted by Gasteiger charge is 2.34. The minimum Gasteiger partial charge on any atom is -0.496 e. The van der Waals surface area contributed by atoms with Crippen LogP contribution in [0.5, 0.6) is 28.7 Å². The Bertz CT molecular complexity index is 1330. The van der Waals surface area contributed by atoms with Crippen molar-refractivity contribution in [1.29, 1.82) is 0 Å². The molecule has 0 aliphatic carbocycles. The van der Waals surface area contributed by atoms with Gasteiger partial charge in [0.25, 0.3) is 5.91 Å². The van der Waals surface area contributed by atoms with Gasteiger partial charge in [0.15, 0.2) is 23.0 Å². The summed E-state index contributed by atoms with van der Waals surface area (Å²) < 4.78 is 29.1. The summed E-state index contributed by atoms with van der Waals surface area (Å²) in [5, 5.41) is 0.478. The molecule has 0 bridgehead atoms. The van der Waals surface area contributed by atoms with E-state index in [1.807, 2.05) is 56.9 Å². The van der Waals surface area contributed by atoms with Gasteiger partial charge in [0.1, 0.15) is 5.75 Å². The average Bonchev–Trinajstić information content (AvgIpc) is 2.95.